The Morgan fingerprint density at radius 1 is 1.26 bits per heavy atom. The second kappa shape index (κ2) is 4.70. The van der Waals surface area contributed by atoms with Crippen molar-refractivity contribution < 1.29 is 4.79 Å². The maximum atomic E-state index is 12.1. The van der Waals surface area contributed by atoms with Gasteiger partial charge >= 0.3 is 0 Å². The van der Waals surface area contributed by atoms with Gasteiger partial charge < -0.3 is 5.32 Å². The number of benzene rings is 1. The number of carbonyl (C=O) groups is 1. The fourth-order valence-corrected chi connectivity index (χ4v) is 1.85. The zero-order valence-corrected chi connectivity index (χ0v) is 10.5. The van der Waals surface area contributed by atoms with Crippen molar-refractivity contribution in [3.8, 4) is 0 Å². The molecule has 6 heteroatoms. The maximum Gasteiger partial charge on any atom is 0.261 e. The molecule has 0 saturated heterocycles. The van der Waals surface area contributed by atoms with Gasteiger partial charge in [-0.05, 0) is 30.3 Å². The van der Waals surface area contributed by atoms with Crippen LogP contribution in [0.25, 0.3) is 5.65 Å². The summed E-state index contributed by atoms with van der Waals surface area (Å²) in [5.74, 6) is -0.254. The minimum absolute atomic E-state index is 0.254. The number of hydrogen-bond acceptors (Lipinski definition) is 3. The number of hydrogen-bond donors (Lipinski definition) is 1. The topological polar surface area (TPSA) is 59.3 Å². The van der Waals surface area contributed by atoms with Gasteiger partial charge in [0, 0.05) is 23.1 Å². The van der Waals surface area contributed by atoms with E-state index in [1.54, 1.807) is 47.2 Å². The second-order valence-corrected chi connectivity index (χ2v) is 4.34. The van der Waals surface area contributed by atoms with E-state index in [9.17, 15) is 4.79 Å². The monoisotopic (exact) mass is 272 g/mol. The van der Waals surface area contributed by atoms with E-state index in [1.807, 2.05) is 0 Å². The molecule has 94 valence electrons. The normalized spacial score (nSPS) is 10.6. The number of anilines is 1. The molecule has 2 aromatic heterocycles. The number of nitrogens with zero attached hydrogens (tertiary/aromatic N) is 3. The van der Waals surface area contributed by atoms with E-state index in [1.165, 1.54) is 6.20 Å². The van der Waals surface area contributed by atoms with Gasteiger partial charge in [-0.15, -0.1) is 0 Å². The van der Waals surface area contributed by atoms with Crippen molar-refractivity contribution in [2.75, 3.05) is 5.32 Å². The smallest absolute Gasteiger partial charge is 0.261 e. The molecule has 0 aliphatic rings. The summed E-state index contributed by atoms with van der Waals surface area (Å²) in [6.07, 6.45) is 4.85. The first-order chi connectivity index (χ1) is 9.24. The number of nitrogens with one attached hydrogen (secondary N) is 1. The van der Waals surface area contributed by atoms with Gasteiger partial charge in [-0.1, -0.05) is 11.6 Å². The SMILES string of the molecule is O=C(Nc1ccc(Cl)cc1)c1cnn2cccnc12. The van der Waals surface area contributed by atoms with Gasteiger partial charge in [-0.3, -0.25) is 4.79 Å². The van der Waals surface area contributed by atoms with Crippen LogP contribution < -0.4 is 5.32 Å². The van der Waals surface area contributed by atoms with Gasteiger partial charge in [0.25, 0.3) is 5.91 Å². The van der Waals surface area contributed by atoms with Crippen LogP contribution in [0.2, 0.25) is 5.02 Å². The third-order valence-corrected chi connectivity index (χ3v) is 2.88. The molecule has 1 amide bonds. The Morgan fingerprint density at radius 3 is 2.84 bits per heavy atom. The lowest BCUT2D eigenvalue weighted by molar-refractivity contribution is 0.102. The molecule has 0 atom stereocenters. The van der Waals surface area contributed by atoms with Crippen LogP contribution >= 0.6 is 11.6 Å². The quantitative estimate of drug-likeness (QED) is 0.780. The van der Waals surface area contributed by atoms with Crippen LogP contribution in [0.1, 0.15) is 10.4 Å². The Labute approximate surface area is 113 Å². The van der Waals surface area contributed by atoms with Gasteiger partial charge in [0.05, 0.1) is 6.20 Å². The number of rotatable bonds is 2. The Bertz CT molecular complexity index is 736. The van der Waals surface area contributed by atoms with E-state index in [0.29, 0.717) is 21.9 Å². The summed E-state index contributed by atoms with van der Waals surface area (Å²) < 4.78 is 1.55. The maximum absolute atomic E-state index is 12.1. The van der Waals surface area contributed by atoms with E-state index in [2.05, 4.69) is 15.4 Å². The molecule has 5 nitrogen and oxygen atoms in total. The Kier molecular flexibility index (Phi) is 2.89. The van der Waals surface area contributed by atoms with E-state index < -0.39 is 0 Å². The fraction of sp³-hybridized carbons (Fsp3) is 0. The minimum atomic E-state index is -0.254. The van der Waals surface area contributed by atoms with E-state index in [0.717, 1.165) is 0 Å². The molecule has 19 heavy (non-hydrogen) atoms. The third-order valence-electron chi connectivity index (χ3n) is 2.63. The standard InChI is InChI=1S/C13H9ClN4O/c14-9-2-4-10(5-3-9)17-13(19)11-8-16-18-7-1-6-15-12(11)18/h1-8H,(H,17,19). The average Bonchev–Trinajstić information content (AvgIpc) is 2.85. The molecule has 0 spiro atoms. The van der Waals surface area contributed by atoms with Crippen LogP contribution in [-0.2, 0) is 0 Å². The largest absolute Gasteiger partial charge is 0.322 e. The highest BCUT2D eigenvalue weighted by molar-refractivity contribution is 6.30. The van der Waals surface area contributed by atoms with Crippen molar-refractivity contribution in [3.63, 3.8) is 0 Å². The lowest BCUT2D eigenvalue weighted by Gasteiger charge is -2.03. The molecule has 0 unspecified atom stereocenters. The molecule has 0 bridgehead atoms. The molecule has 0 fully saturated rings. The van der Waals surface area contributed by atoms with E-state index in [-0.39, 0.29) is 5.91 Å². The van der Waals surface area contributed by atoms with Crippen LogP contribution in [0.3, 0.4) is 0 Å². The van der Waals surface area contributed by atoms with Crippen LogP contribution in [0.5, 0.6) is 0 Å². The van der Waals surface area contributed by atoms with Gasteiger partial charge in [-0.2, -0.15) is 5.10 Å². The number of halogens is 1. The fourth-order valence-electron chi connectivity index (χ4n) is 1.72. The average molecular weight is 273 g/mol. The third kappa shape index (κ3) is 2.28. The molecular weight excluding hydrogens is 264 g/mol. The zero-order valence-electron chi connectivity index (χ0n) is 9.75. The number of aromatic nitrogens is 3. The highest BCUT2D eigenvalue weighted by atomic mass is 35.5. The Balaban J connectivity index is 1.90. The molecule has 0 radical (unpaired) electrons. The molecule has 0 aliphatic heterocycles. The van der Waals surface area contributed by atoms with Crippen molar-refractivity contribution >= 4 is 28.8 Å². The zero-order chi connectivity index (χ0) is 13.2. The van der Waals surface area contributed by atoms with E-state index >= 15 is 0 Å². The molecule has 0 saturated carbocycles. The van der Waals surface area contributed by atoms with Crippen LogP contribution in [0, 0.1) is 0 Å². The Morgan fingerprint density at radius 2 is 2.05 bits per heavy atom. The van der Waals surface area contributed by atoms with Crippen LogP contribution in [-0.4, -0.2) is 20.5 Å². The van der Waals surface area contributed by atoms with Crippen molar-refractivity contribution in [2.45, 2.75) is 0 Å². The first-order valence-corrected chi connectivity index (χ1v) is 5.97. The highest BCUT2D eigenvalue weighted by Crippen LogP contribution is 2.15. The van der Waals surface area contributed by atoms with Crippen molar-refractivity contribution in [2.24, 2.45) is 0 Å². The minimum Gasteiger partial charge on any atom is -0.322 e. The van der Waals surface area contributed by atoms with Gasteiger partial charge in [0.1, 0.15) is 5.56 Å². The summed E-state index contributed by atoms with van der Waals surface area (Å²) in [5.41, 5.74) is 1.62. The lowest BCUT2D eigenvalue weighted by atomic mass is 10.2. The van der Waals surface area contributed by atoms with Crippen molar-refractivity contribution in [3.05, 3.63) is 59.5 Å². The highest BCUT2D eigenvalue weighted by Gasteiger charge is 2.13. The van der Waals surface area contributed by atoms with Crippen LogP contribution in [0.15, 0.2) is 48.9 Å². The number of amides is 1. The molecule has 1 N–H and O–H groups in total. The van der Waals surface area contributed by atoms with Gasteiger partial charge in [0.15, 0.2) is 5.65 Å². The summed E-state index contributed by atoms with van der Waals surface area (Å²) in [7, 11) is 0. The molecule has 3 rings (SSSR count). The first kappa shape index (κ1) is 11.7. The molecular formula is C13H9ClN4O. The van der Waals surface area contributed by atoms with Crippen molar-refractivity contribution in [1.82, 2.24) is 14.6 Å². The van der Waals surface area contributed by atoms with Crippen molar-refractivity contribution in [1.29, 1.82) is 0 Å². The molecule has 2 heterocycles. The summed E-state index contributed by atoms with van der Waals surface area (Å²) in [5, 5.41) is 7.46. The number of carbonyl (C=O) groups excluding carboxylic acids is 1. The summed E-state index contributed by atoms with van der Waals surface area (Å²) >= 11 is 5.79. The summed E-state index contributed by atoms with van der Waals surface area (Å²) in [6.45, 7) is 0. The molecule has 1 aromatic carbocycles. The lowest BCUT2D eigenvalue weighted by Crippen LogP contribution is -2.11. The van der Waals surface area contributed by atoms with Crippen LogP contribution in [0.4, 0.5) is 5.69 Å². The predicted octanol–water partition coefficient (Wildman–Crippen LogP) is 2.64. The Hall–Kier alpha value is -2.40. The summed E-state index contributed by atoms with van der Waals surface area (Å²) in [6, 6.07) is 8.65. The van der Waals surface area contributed by atoms with E-state index in [4.69, 9.17) is 11.6 Å². The molecule has 3 aromatic rings. The van der Waals surface area contributed by atoms with Gasteiger partial charge in [-0.25, -0.2) is 9.50 Å². The summed E-state index contributed by atoms with van der Waals surface area (Å²) in [4.78, 5) is 16.3. The second-order valence-electron chi connectivity index (χ2n) is 3.91. The predicted molar refractivity (Wildman–Crippen MR) is 72.4 cm³/mol. The number of fused-ring (bicyclic) bond motifs is 1. The van der Waals surface area contributed by atoms with Gasteiger partial charge in [0.2, 0.25) is 0 Å². The first-order valence-electron chi connectivity index (χ1n) is 5.59. The molecule has 0 aliphatic carbocycles.